The number of nitrogens with one attached hydrogen (secondary N) is 1. The van der Waals surface area contributed by atoms with Crippen molar-refractivity contribution in [1.82, 2.24) is 9.97 Å². The van der Waals surface area contributed by atoms with Crippen LogP contribution in [0.4, 0.5) is 0 Å². The molecular weight excluding hydrogens is 224 g/mol. The average molecular weight is 238 g/mol. The number of fused-ring (bicyclic) bond motifs is 1. The molecule has 3 nitrogen and oxygen atoms in total. The van der Waals surface area contributed by atoms with Gasteiger partial charge in [0.2, 0.25) is 0 Å². The molecule has 0 saturated carbocycles. The van der Waals surface area contributed by atoms with Crippen LogP contribution in [0.1, 0.15) is 17.5 Å². The molecule has 2 aromatic carbocycles. The predicted molar refractivity (Wildman–Crippen MR) is 71.4 cm³/mol. The summed E-state index contributed by atoms with van der Waals surface area (Å²) < 4.78 is 5.56. The molecule has 0 saturated heterocycles. The summed E-state index contributed by atoms with van der Waals surface area (Å²) in [5.74, 6) is 0.838. The lowest BCUT2D eigenvalue weighted by molar-refractivity contribution is 0.130. The van der Waals surface area contributed by atoms with E-state index in [0.29, 0.717) is 0 Å². The number of methoxy groups -OCH3 is 1. The maximum Gasteiger partial charge on any atom is 0.141 e. The SMILES string of the molecule is CO[C@H](c1ccccc1)c1nc2ccccc2[nH]1. The van der Waals surface area contributed by atoms with Crippen molar-refractivity contribution in [3.63, 3.8) is 0 Å². The zero-order valence-corrected chi connectivity index (χ0v) is 10.1. The Balaban J connectivity index is 2.06. The molecule has 0 fully saturated rings. The smallest absolute Gasteiger partial charge is 0.141 e. The zero-order chi connectivity index (χ0) is 12.4. The summed E-state index contributed by atoms with van der Waals surface area (Å²) >= 11 is 0. The maximum atomic E-state index is 5.56. The number of aromatic amines is 1. The number of ether oxygens (including phenoxy) is 1. The molecule has 0 radical (unpaired) electrons. The first kappa shape index (κ1) is 11.0. The largest absolute Gasteiger partial charge is 0.369 e. The van der Waals surface area contributed by atoms with Gasteiger partial charge in [-0.3, -0.25) is 0 Å². The van der Waals surface area contributed by atoms with Crippen molar-refractivity contribution >= 4 is 11.0 Å². The van der Waals surface area contributed by atoms with E-state index in [2.05, 4.69) is 9.97 Å². The van der Waals surface area contributed by atoms with Gasteiger partial charge in [-0.2, -0.15) is 0 Å². The molecule has 0 amide bonds. The number of aromatic nitrogens is 2. The van der Waals surface area contributed by atoms with Crippen LogP contribution in [0.25, 0.3) is 11.0 Å². The summed E-state index contributed by atoms with van der Waals surface area (Å²) in [5.41, 5.74) is 3.09. The van der Waals surface area contributed by atoms with Gasteiger partial charge >= 0.3 is 0 Å². The molecule has 1 heterocycles. The molecular formula is C15H14N2O. The van der Waals surface area contributed by atoms with E-state index in [-0.39, 0.29) is 6.10 Å². The third-order valence-corrected chi connectivity index (χ3v) is 2.99. The van der Waals surface area contributed by atoms with Crippen molar-refractivity contribution in [1.29, 1.82) is 0 Å². The van der Waals surface area contributed by atoms with Gasteiger partial charge in [-0.1, -0.05) is 42.5 Å². The molecule has 3 aromatic rings. The van der Waals surface area contributed by atoms with E-state index >= 15 is 0 Å². The minimum absolute atomic E-state index is 0.154. The maximum absolute atomic E-state index is 5.56. The second-order valence-corrected chi connectivity index (χ2v) is 4.17. The third kappa shape index (κ3) is 1.89. The fraction of sp³-hybridized carbons (Fsp3) is 0.133. The molecule has 0 bridgehead atoms. The molecule has 90 valence electrons. The van der Waals surface area contributed by atoms with Crippen LogP contribution in [0.3, 0.4) is 0 Å². The Morgan fingerprint density at radius 1 is 1.00 bits per heavy atom. The fourth-order valence-electron chi connectivity index (χ4n) is 2.13. The number of nitrogens with zero attached hydrogens (tertiary/aromatic N) is 1. The van der Waals surface area contributed by atoms with Crippen molar-refractivity contribution in [2.75, 3.05) is 7.11 Å². The van der Waals surface area contributed by atoms with Gasteiger partial charge < -0.3 is 9.72 Å². The summed E-state index contributed by atoms with van der Waals surface area (Å²) in [6.07, 6.45) is -0.154. The number of rotatable bonds is 3. The highest BCUT2D eigenvalue weighted by molar-refractivity contribution is 5.74. The van der Waals surface area contributed by atoms with Crippen LogP contribution in [0.5, 0.6) is 0 Å². The van der Waals surface area contributed by atoms with E-state index in [9.17, 15) is 0 Å². The zero-order valence-electron chi connectivity index (χ0n) is 10.1. The third-order valence-electron chi connectivity index (χ3n) is 2.99. The first-order valence-electron chi connectivity index (χ1n) is 5.91. The van der Waals surface area contributed by atoms with Crippen LogP contribution in [0, 0.1) is 0 Å². The quantitative estimate of drug-likeness (QED) is 0.760. The Kier molecular flexibility index (Phi) is 2.82. The van der Waals surface area contributed by atoms with Gasteiger partial charge in [0.25, 0.3) is 0 Å². The van der Waals surface area contributed by atoms with Crippen molar-refractivity contribution in [3.8, 4) is 0 Å². The molecule has 18 heavy (non-hydrogen) atoms. The van der Waals surface area contributed by atoms with Gasteiger partial charge in [-0.15, -0.1) is 0 Å². The summed E-state index contributed by atoms with van der Waals surface area (Å²) in [4.78, 5) is 7.89. The lowest BCUT2D eigenvalue weighted by Crippen LogP contribution is -2.05. The normalized spacial score (nSPS) is 12.7. The highest BCUT2D eigenvalue weighted by Gasteiger charge is 2.16. The number of hydrogen-bond donors (Lipinski definition) is 1. The number of benzene rings is 2. The monoisotopic (exact) mass is 238 g/mol. The van der Waals surface area contributed by atoms with Crippen LogP contribution in [-0.4, -0.2) is 17.1 Å². The van der Waals surface area contributed by atoms with E-state index < -0.39 is 0 Å². The minimum Gasteiger partial charge on any atom is -0.369 e. The summed E-state index contributed by atoms with van der Waals surface area (Å²) in [6.45, 7) is 0. The van der Waals surface area contributed by atoms with Crippen LogP contribution >= 0.6 is 0 Å². The Morgan fingerprint density at radius 2 is 1.72 bits per heavy atom. The van der Waals surface area contributed by atoms with Crippen LogP contribution < -0.4 is 0 Å². The van der Waals surface area contributed by atoms with Gasteiger partial charge in [0.1, 0.15) is 11.9 Å². The molecule has 0 aliphatic heterocycles. The number of imidazole rings is 1. The van der Waals surface area contributed by atoms with E-state index in [1.807, 2.05) is 54.6 Å². The van der Waals surface area contributed by atoms with Gasteiger partial charge in [0.05, 0.1) is 11.0 Å². The standard InChI is InChI=1S/C15H14N2O/c1-18-14(11-7-3-2-4-8-11)15-16-12-9-5-6-10-13(12)17-15/h2-10,14H,1H3,(H,16,17)/t14-/m1/s1. The highest BCUT2D eigenvalue weighted by Crippen LogP contribution is 2.24. The number of H-pyrrole nitrogens is 1. The Morgan fingerprint density at radius 3 is 2.44 bits per heavy atom. The minimum atomic E-state index is -0.154. The fourth-order valence-corrected chi connectivity index (χ4v) is 2.13. The second kappa shape index (κ2) is 4.63. The second-order valence-electron chi connectivity index (χ2n) is 4.17. The lowest BCUT2D eigenvalue weighted by atomic mass is 10.1. The molecule has 3 rings (SSSR count). The molecule has 1 N–H and O–H groups in total. The van der Waals surface area contributed by atoms with E-state index in [1.165, 1.54) is 0 Å². The van der Waals surface area contributed by atoms with Gasteiger partial charge in [0.15, 0.2) is 0 Å². The van der Waals surface area contributed by atoms with Crippen LogP contribution in [0.15, 0.2) is 54.6 Å². The molecule has 0 spiro atoms. The lowest BCUT2D eigenvalue weighted by Gasteiger charge is -2.12. The predicted octanol–water partition coefficient (Wildman–Crippen LogP) is 3.30. The average Bonchev–Trinajstić information content (AvgIpc) is 2.84. The summed E-state index contributed by atoms with van der Waals surface area (Å²) in [7, 11) is 1.70. The van der Waals surface area contributed by atoms with Crippen LogP contribution in [0.2, 0.25) is 0 Å². The molecule has 0 aliphatic rings. The summed E-state index contributed by atoms with van der Waals surface area (Å²) in [5, 5.41) is 0. The highest BCUT2D eigenvalue weighted by atomic mass is 16.5. The first-order valence-corrected chi connectivity index (χ1v) is 5.91. The number of para-hydroxylation sites is 2. The van der Waals surface area contributed by atoms with E-state index in [4.69, 9.17) is 4.74 Å². The van der Waals surface area contributed by atoms with Gasteiger partial charge in [0, 0.05) is 7.11 Å². The van der Waals surface area contributed by atoms with Crippen molar-refractivity contribution in [2.24, 2.45) is 0 Å². The van der Waals surface area contributed by atoms with Crippen molar-refractivity contribution in [3.05, 3.63) is 66.0 Å². The molecule has 0 unspecified atom stereocenters. The Labute approximate surface area is 105 Å². The Bertz CT molecular complexity index is 613. The van der Waals surface area contributed by atoms with Crippen molar-refractivity contribution < 1.29 is 4.74 Å². The van der Waals surface area contributed by atoms with Gasteiger partial charge in [-0.25, -0.2) is 4.98 Å². The number of hydrogen-bond acceptors (Lipinski definition) is 2. The first-order chi connectivity index (χ1) is 8.88. The molecule has 1 aromatic heterocycles. The van der Waals surface area contributed by atoms with Gasteiger partial charge in [-0.05, 0) is 17.7 Å². The molecule has 1 atom stereocenters. The Hall–Kier alpha value is -2.13. The van der Waals surface area contributed by atoms with Crippen LogP contribution in [-0.2, 0) is 4.74 Å². The van der Waals surface area contributed by atoms with E-state index in [0.717, 1.165) is 22.4 Å². The van der Waals surface area contributed by atoms with E-state index in [1.54, 1.807) is 7.11 Å². The topological polar surface area (TPSA) is 37.9 Å². The summed E-state index contributed by atoms with van der Waals surface area (Å²) in [6, 6.07) is 18.1. The van der Waals surface area contributed by atoms with Crippen molar-refractivity contribution in [2.45, 2.75) is 6.10 Å². The molecule has 0 aliphatic carbocycles. The molecule has 3 heteroatoms.